The van der Waals surface area contributed by atoms with Gasteiger partial charge in [-0.3, -0.25) is 0 Å². The molecule has 1 heterocycles. The fraction of sp³-hybridized carbons (Fsp3) is 0.273. The lowest BCUT2D eigenvalue weighted by Gasteiger charge is -2.03. The Bertz CT molecular complexity index is 411. The van der Waals surface area contributed by atoms with Gasteiger partial charge in [-0.2, -0.15) is 4.98 Å². The molecule has 0 atom stereocenters. The van der Waals surface area contributed by atoms with Gasteiger partial charge >= 0.3 is 0 Å². The lowest BCUT2D eigenvalue weighted by molar-refractivity contribution is 0.282. The second-order valence-corrected chi connectivity index (χ2v) is 3.43. The Morgan fingerprint density at radius 1 is 1.12 bits per heavy atom. The first-order valence-electron chi connectivity index (χ1n) is 5.03. The average molecular weight is 219 g/mol. The van der Waals surface area contributed by atoms with Crippen molar-refractivity contribution in [2.45, 2.75) is 19.7 Å². The lowest BCUT2D eigenvalue weighted by Crippen LogP contribution is -2.13. The molecule has 0 unspecified atom stereocenters. The fourth-order valence-corrected chi connectivity index (χ4v) is 1.35. The van der Waals surface area contributed by atoms with E-state index < -0.39 is 0 Å². The Labute approximate surface area is 93.1 Å². The van der Waals surface area contributed by atoms with Crippen molar-refractivity contribution < 1.29 is 9.63 Å². The van der Waals surface area contributed by atoms with E-state index in [1.54, 1.807) is 0 Å². The van der Waals surface area contributed by atoms with Crippen LogP contribution in [0, 0.1) is 0 Å². The zero-order valence-corrected chi connectivity index (χ0v) is 8.76. The van der Waals surface area contributed by atoms with E-state index in [0.29, 0.717) is 12.4 Å². The molecule has 0 amide bonds. The Balaban J connectivity index is 1.81. The number of aliphatic hydroxyl groups is 1. The van der Waals surface area contributed by atoms with Gasteiger partial charge in [0.15, 0.2) is 5.82 Å². The third-order valence-electron chi connectivity index (χ3n) is 2.22. The molecule has 0 aliphatic heterocycles. The third kappa shape index (κ3) is 2.88. The van der Waals surface area contributed by atoms with Crippen LogP contribution in [0.5, 0.6) is 0 Å². The molecule has 5 heteroatoms. The zero-order chi connectivity index (χ0) is 11.2. The summed E-state index contributed by atoms with van der Waals surface area (Å²) >= 11 is 0. The molecule has 0 fully saturated rings. The Hall–Kier alpha value is -1.72. The minimum Gasteiger partial charge on any atom is -0.392 e. The first-order valence-corrected chi connectivity index (χ1v) is 5.03. The van der Waals surface area contributed by atoms with Gasteiger partial charge in [0.2, 0.25) is 6.39 Å². The lowest BCUT2D eigenvalue weighted by atomic mass is 10.1. The minimum atomic E-state index is 0.0799. The summed E-state index contributed by atoms with van der Waals surface area (Å²) < 4.78 is 4.62. The maximum atomic E-state index is 8.89. The number of benzene rings is 1. The van der Waals surface area contributed by atoms with Crippen molar-refractivity contribution in [3.63, 3.8) is 0 Å². The summed E-state index contributed by atoms with van der Waals surface area (Å²) in [4.78, 5) is 3.90. The number of aromatic nitrogens is 2. The van der Waals surface area contributed by atoms with Gasteiger partial charge < -0.3 is 14.9 Å². The molecule has 16 heavy (non-hydrogen) atoms. The van der Waals surface area contributed by atoms with Gasteiger partial charge in [0.05, 0.1) is 13.2 Å². The van der Waals surface area contributed by atoms with Gasteiger partial charge in [-0.1, -0.05) is 29.4 Å². The summed E-state index contributed by atoms with van der Waals surface area (Å²) in [6.45, 7) is 1.40. The van der Waals surface area contributed by atoms with E-state index in [0.717, 1.165) is 17.7 Å². The summed E-state index contributed by atoms with van der Waals surface area (Å²) in [5.74, 6) is 0.645. The molecule has 5 nitrogen and oxygen atoms in total. The van der Waals surface area contributed by atoms with E-state index in [9.17, 15) is 0 Å². The van der Waals surface area contributed by atoms with E-state index in [1.807, 2.05) is 24.3 Å². The van der Waals surface area contributed by atoms with Gasteiger partial charge in [0, 0.05) is 6.54 Å². The normalized spacial score (nSPS) is 10.6. The predicted molar refractivity (Wildman–Crippen MR) is 57.2 cm³/mol. The highest BCUT2D eigenvalue weighted by molar-refractivity contribution is 5.21. The van der Waals surface area contributed by atoms with Crippen LogP contribution in [0.2, 0.25) is 0 Å². The van der Waals surface area contributed by atoms with Crippen LogP contribution < -0.4 is 5.32 Å². The summed E-state index contributed by atoms with van der Waals surface area (Å²) in [7, 11) is 0. The highest BCUT2D eigenvalue weighted by atomic mass is 16.5. The molecule has 0 saturated heterocycles. The quantitative estimate of drug-likeness (QED) is 0.780. The number of nitrogens with zero attached hydrogens (tertiary/aromatic N) is 2. The minimum absolute atomic E-state index is 0.0799. The summed E-state index contributed by atoms with van der Waals surface area (Å²) in [5.41, 5.74) is 2.07. The van der Waals surface area contributed by atoms with E-state index in [1.165, 1.54) is 6.39 Å². The molecule has 0 saturated carbocycles. The number of hydrogen-bond acceptors (Lipinski definition) is 5. The van der Waals surface area contributed by atoms with Gasteiger partial charge in [-0.05, 0) is 11.1 Å². The number of nitrogens with one attached hydrogen (secondary N) is 1. The van der Waals surface area contributed by atoms with Crippen molar-refractivity contribution >= 4 is 0 Å². The van der Waals surface area contributed by atoms with Crippen molar-refractivity contribution in [1.82, 2.24) is 15.5 Å². The zero-order valence-electron chi connectivity index (χ0n) is 8.76. The molecule has 0 spiro atoms. The van der Waals surface area contributed by atoms with Crippen LogP contribution in [0.3, 0.4) is 0 Å². The maximum Gasteiger partial charge on any atom is 0.213 e. The highest BCUT2D eigenvalue weighted by Gasteiger charge is 1.98. The molecule has 2 rings (SSSR count). The van der Waals surface area contributed by atoms with Gasteiger partial charge in [0.1, 0.15) is 0 Å². The Morgan fingerprint density at radius 2 is 1.88 bits per heavy atom. The van der Waals surface area contributed by atoms with Crippen LogP contribution in [-0.2, 0) is 19.7 Å². The predicted octanol–water partition coefficient (Wildman–Crippen LogP) is 0.852. The number of aliphatic hydroxyl groups excluding tert-OH is 1. The molecule has 84 valence electrons. The third-order valence-corrected chi connectivity index (χ3v) is 2.22. The Morgan fingerprint density at radius 3 is 2.50 bits per heavy atom. The molecule has 0 aliphatic carbocycles. The van der Waals surface area contributed by atoms with Gasteiger partial charge in [0.25, 0.3) is 0 Å². The van der Waals surface area contributed by atoms with E-state index >= 15 is 0 Å². The van der Waals surface area contributed by atoms with Crippen LogP contribution >= 0.6 is 0 Å². The second kappa shape index (κ2) is 5.39. The smallest absolute Gasteiger partial charge is 0.213 e. The van der Waals surface area contributed by atoms with Crippen LogP contribution in [0.4, 0.5) is 0 Å². The fourth-order valence-electron chi connectivity index (χ4n) is 1.35. The van der Waals surface area contributed by atoms with Crippen molar-refractivity contribution in [2.24, 2.45) is 0 Å². The molecule has 2 aromatic rings. The van der Waals surface area contributed by atoms with Crippen molar-refractivity contribution in [3.8, 4) is 0 Å². The molecule has 0 bridgehead atoms. The van der Waals surface area contributed by atoms with Gasteiger partial charge in [-0.15, -0.1) is 0 Å². The summed E-state index contributed by atoms with van der Waals surface area (Å²) in [6, 6.07) is 7.78. The molecule has 2 N–H and O–H groups in total. The van der Waals surface area contributed by atoms with Crippen LogP contribution in [0.25, 0.3) is 0 Å². The van der Waals surface area contributed by atoms with Crippen molar-refractivity contribution in [1.29, 1.82) is 0 Å². The van der Waals surface area contributed by atoms with E-state index in [4.69, 9.17) is 5.11 Å². The molecule has 1 aromatic heterocycles. The molecule has 0 radical (unpaired) electrons. The van der Waals surface area contributed by atoms with E-state index in [-0.39, 0.29) is 6.61 Å². The first-order chi connectivity index (χ1) is 7.88. The largest absolute Gasteiger partial charge is 0.392 e. The number of rotatable bonds is 5. The van der Waals surface area contributed by atoms with Crippen LogP contribution in [0.15, 0.2) is 35.2 Å². The summed E-state index contributed by atoms with van der Waals surface area (Å²) in [5, 5.41) is 15.8. The summed E-state index contributed by atoms with van der Waals surface area (Å²) in [6.07, 6.45) is 1.31. The maximum absolute atomic E-state index is 8.89. The highest BCUT2D eigenvalue weighted by Crippen LogP contribution is 2.04. The van der Waals surface area contributed by atoms with Crippen LogP contribution in [-0.4, -0.2) is 15.2 Å². The van der Waals surface area contributed by atoms with Crippen molar-refractivity contribution in [2.75, 3.05) is 0 Å². The second-order valence-electron chi connectivity index (χ2n) is 3.43. The molecule has 0 aliphatic rings. The van der Waals surface area contributed by atoms with Gasteiger partial charge in [-0.25, -0.2) is 0 Å². The topological polar surface area (TPSA) is 71.2 Å². The SMILES string of the molecule is OCc1ccc(CNCc2ncon2)cc1. The average Bonchev–Trinajstić information content (AvgIpc) is 2.83. The standard InChI is InChI=1S/C11H13N3O2/c15-7-10-3-1-9(2-4-10)5-12-6-11-13-8-16-14-11/h1-4,8,12,15H,5-7H2. The first kappa shape index (κ1) is 10.8. The van der Waals surface area contributed by atoms with Crippen LogP contribution in [0.1, 0.15) is 17.0 Å². The molecule has 1 aromatic carbocycles. The molecular formula is C11H13N3O2. The van der Waals surface area contributed by atoms with Crippen molar-refractivity contribution in [3.05, 3.63) is 47.6 Å². The van der Waals surface area contributed by atoms with E-state index in [2.05, 4.69) is 20.0 Å². The Kier molecular flexibility index (Phi) is 3.63. The number of hydrogen-bond donors (Lipinski definition) is 2. The monoisotopic (exact) mass is 219 g/mol. The molecular weight excluding hydrogens is 206 g/mol.